The molecule has 6 heteroatoms. The van der Waals surface area contributed by atoms with E-state index in [0.717, 1.165) is 15.7 Å². The van der Waals surface area contributed by atoms with E-state index < -0.39 is 0 Å². The Hall–Kier alpha value is -2.34. The molecule has 0 saturated heterocycles. The molecular formula is C17H16BrN3O2. The number of hydrogen-bond acceptors (Lipinski definition) is 3. The van der Waals surface area contributed by atoms with Crippen LogP contribution < -0.4 is 10.1 Å². The fraction of sp³-hybridized carbons (Fsp3) is 0.176. The van der Waals surface area contributed by atoms with Gasteiger partial charge in [0.05, 0.1) is 18.5 Å². The van der Waals surface area contributed by atoms with E-state index >= 15 is 0 Å². The van der Waals surface area contributed by atoms with Crippen molar-refractivity contribution in [3.8, 4) is 5.75 Å². The fourth-order valence-corrected chi connectivity index (χ4v) is 2.85. The van der Waals surface area contributed by atoms with Gasteiger partial charge in [0.25, 0.3) is 5.91 Å². The number of aromatic nitrogens is 2. The smallest absolute Gasteiger partial charge is 0.274 e. The van der Waals surface area contributed by atoms with Gasteiger partial charge in [-0.25, -0.2) is 4.98 Å². The second-order valence-electron chi connectivity index (χ2n) is 5.28. The van der Waals surface area contributed by atoms with Crippen LogP contribution in [0.25, 0.3) is 5.65 Å². The van der Waals surface area contributed by atoms with Crippen molar-refractivity contribution in [3.63, 3.8) is 0 Å². The Kier molecular flexibility index (Phi) is 4.09. The number of amides is 1. The standard InChI is InChI=1S/C17H16BrN3O2/c1-10-4-6-14(23-3)13(8-10)20-17(22)16-11(2)19-15-7-5-12(18)9-21(15)16/h4-9H,1-3H3,(H,20,22). The van der Waals surface area contributed by atoms with Gasteiger partial charge in [-0.1, -0.05) is 6.07 Å². The number of benzene rings is 1. The predicted octanol–water partition coefficient (Wildman–Crippen LogP) is 3.97. The number of halogens is 1. The normalized spacial score (nSPS) is 10.8. The zero-order valence-corrected chi connectivity index (χ0v) is 14.6. The summed E-state index contributed by atoms with van der Waals surface area (Å²) in [5.41, 5.74) is 3.59. The summed E-state index contributed by atoms with van der Waals surface area (Å²) >= 11 is 3.42. The molecule has 0 fully saturated rings. The zero-order valence-electron chi connectivity index (χ0n) is 13.1. The van der Waals surface area contributed by atoms with Crippen LogP contribution in [0.2, 0.25) is 0 Å². The molecule has 3 rings (SSSR count). The molecule has 0 aliphatic rings. The monoisotopic (exact) mass is 373 g/mol. The second kappa shape index (κ2) is 6.04. The molecule has 3 aromatic rings. The number of ether oxygens (including phenoxy) is 1. The molecule has 1 N–H and O–H groups in total. The van der Waals surface area contributed by atoms with E-state index in [2.05, 4.69) is 26.2 Å². The molecule has 0 aliphatic heterocycles. The van der Waals surface area contributed by atoms with E-state index in [4.69, 9.17) is 4.74 Å². The number of nitrogens with one attached hydrogen (secondary N) is 1. The summed E-state index contributed by atoms with van der Waals surface area (Å²) in [5, 5.41) is 2.92. The van der Waals surface area contributed by atoms with Gasteiger partial charge in [0.2, 0.25) is 0 Å². The number of anilines is 1. The second-order valence-corrected chi connectivity index (χ2v) is 6.19. The first-order chi connectivity index (χ1) is 11.0. The summed E-state index contributed by atoms with van der Waals surface area (Å²) in [6, 6.07) is 9.41. The summed E-state index contributed by atoms with van der Waals surface area (Å²) in [6.07, 6.45) is 1.83. The summed E-state index contributed by atoms with van der Waals surface area (Å²) < 4.78 is 7.96. The van der Waals surface area contributed by atoms with Crippen molar-refractivity contribution >= 4 is 33.2 Å². The molecule has 23 heavy (non-hydrogen) atoms. The summed E-state index contributed by atoms with van der Waals surface area (Å²) in [4.78, 5) is 17.2. The zero-order chi connectivity index (χ0) is 16.6. The van der Waals surface area contributed by atoms with Crippen LogP contribution in [0.1, 0.15) is 21.7 Å². The maximum atomic E-state index is 12.8. The van der Waals surface area contributed by atoms with Crippen molar-refractivity contribution in [2.45, 2.75) is 13.8 Å². The molecule has 2 heterocycles. The highest BCUT2D eigenvalue weighted by molar-refractivity contribution is 9.10. The van der Waals surface area contributed by atoms with Crippen LogP contribution in [0, 0.1) is 13.8 Å². The first-order valence-electron chi connectivity index (χ1n) is 7.10. The summed E-state index contributed by atoms with van der Waals surface area (Å²) in [7, 11) is 1.58. The molecular weight excluding hydrogens is 358 g/mol. The minimum Gasteiger partial charge on any atom is -0.495 e. The van der Waals surface area contributed by atoms with Crippen molar-refractivity contribution in [3.05, 3.63) is 58.0 Å². The lowest BCUT2D eigenvalue weighted by molar-refractivity contribution is 0.102. The number of nitrogens with zero attached hydrogens (tertiary/aromatic N) is 2. The van der Waals surface area contributed by atoms with E-state index in [0.29, 0.717) is 22.8 Å². The number of carbonyl (C=O) groups excluding carboxylic acids is 1. The lowest BCUT2D eigenvalue weighted by Gasteiger charge is -2.11. The van der Waals surface area contributed by atoms with Crippen molar-refractivity contribution in [1.82, 2.24) is 9.38 Å². The van der Waals surface area contributed by atoms with Crippen LogP contribution in [0.4, 0.5) is 5.69 Å². The summed E-state index contributed by atoms with van der Waals surface area (Å²) in [6.45, 7) is 3.79. The average Bonchev–Trinajstić information content (AvgIpc) is 2.82. The highest BCUT2D eigenvalue weighted by Gasteiger charge is 2.18. The van der Waals surface area contributed by atoms with Crippen molar-refractivity contribution in [2.75, 3.05) is 12.4 Å². The summed E-state index contributed by atoms with van der Waals surface area (Å²) in [5.74, 6) is 0.397. The Morgan fingerprint density at radius 3 is 2.78 bits per heavy atom. The maximum absolute atomic E-state index is 12.8. The molecule has 0 spiro atoms. The molecule has 1 aromatic carbocycles. The molecule has 0 atom stereocenters. The molecule has 0 aliphatic carbocycles. The fourth-order valence-electron chi connectivity index (χ4n) is 2.51. The number of pyridine rings is 1. The van der Waals surface area contributed by atoms with Crippen molar-refractivity contribution < 1.29 is 9.53 Å². The van der Waals surface area contributed by atoms with Gasteiger partial charge in [-0.15, -0.1) is 0 Å². The topological polar surface area (TPSA) is 55.6 Å². The third kappa shape index (κ3) is 2.94. The number of methoxy groups -OCH3 is 1. The Bertz CT molecular complexity index is 902. The largest absolute Gasteiger partial charge is 0.495 e. The molecule has 0 saturated carbocycles. The van der Waals surface area contributed by atoms with Crippen LogP contribution in [0.3, 0.4) is 0 Å². The van der Waals surface area contributed by atoms with Gasteiger partial charge in [0.1, 0.15) is 17.1 Å². The molecule has 0 radical (unpaired) electrons. The highest BCUT2D eigenvalue weighted by atomic mass is 79.9. The Morgan fingerprint density at radius 1 is 1.26 bits per heavy atom. The van der Waals surface area contributed by atoms with E-state index in [9.17, 15) is 4.79 Å². The third-order valence-electron chi connectivity index (χ3n) is 3.57. The lowest BCUT2D eigenvalue weighted by atomic mass is 10.2. The van der Waals surface area contributed by atoms with Crippen molar-refractivity contribution in [1.29, 1.82) is 0 Å². The van der Waals surface area contributed by atoms with Crippen molar-refractivity contribution in [2.24, 2.45) is 0 Å². The van der Waals surface area contributed by atoms with Gasteiger partial charge in [0.15, 0.2) is 0 Å². The van der Waals surface area contributed by atoms with Gasteiger partial charge in [0, 0.05) is 10.7 Å². The molecule has 1 amide bonds. The number of imidazole rings is 1. The van der Waals surface area contributed by atoms with Crippen LogP contribution in [0.15, 0.2) is 41.0 Å². The van der Waals surface area contributed by atoms with E-state index in [1.807, 2.05) is 50.4 Å². The van der Waals surface area contributed by atoms with Crippen LogP contribution in [-0.2, 0) is 0 Å². The molecule has 0 unspecified atom stereocenters. The van der Waals surface area contributed by atoms with Gasteiger partial charge >= 0.3 is 0 Å². The number of rotatable bonds is 3. The van der Waals surface area contributed by atoms with Crippen LogP contribution in [-0.4, -0.2) is 22.4 Å². The molecule has 0 bridgehead atoms. The Balaban J connectivity index is 2.03. The Morgan fingerprint density at radius 2 is 2.04 bits per heavy atom. The molecule has 5 nitrogen and oxygen atoms in total. The quantitative estimate of drug-likeness (QED) is 0.755. The van der Waals surface area contributed by atoms with E-state index in [-0.39, 0.29) is 5.91 Å². The van der Waals surface area contributed by atoms with E-state index in [1.165, 1.54) is 0 Å². The van der Waals surface area contributed by atoms with Gasteiger partial charge < -0.3 is 10.1 Å². The van der Waals surface area contributed by atoms with Crippen LogP contribution in [0.5, 0.6) is 5.75 Å². The number of carbonyl (C=O) groups is 1. The number of aryl methyl sites for hydroxylation is 2. The maximum Gasteiger partial charge on any atom is 0.274 e. The average molecular weight is 374 g/mol. The predicted molar refractivity (Wildman–Crippen MR) is 93.3 cm³/mol. The molecule has 118 valence electrons. The Labute approximate surface area is 142 Å². The third-order valence-corrected chi connectivity index (χ3v) is 4.04. The first-order valence-corrected chi connectivity index (χ1v) is 7.89. The number of hydrogen-bond donors (Lipinski definition) is 1. The van der Waals surface area contributed by atoms with Gasteiger partial charge in [-0.05, 0) is 59.6 Å². The van der Waals surface area contributed by atoms with Gasteiger partial charge in [-0.2, -0.15) is 0 Å². The first kappa shape index (κ1) is 15.6. The van der Waals surface area contributed by atoms with E-state index in [1.54, 1.807) is 11.5 Å². The highest BCUT2D eigenvalue weighted by Crippen LogP contribution is 2.26. The minimum absolute atomic E-state index is 0.225. The lowest BCUT2D eigenvalue weighted by Crippen LogP contribution is -2.16. The van der Waals surface area contributed by atoms with Gasteiger partial charge in [-0.3, -0.25) is 9.20 Å². The number of fused-ring (bicyclic) bond motifs is 1. The van der Waals surface area contributed by atoms with Crippen LogP contribution >= 0.6 is 15.9 Å². The minimum atomic E-state index is -0.225. The SMILES string of the molecule is COc1ccc(C)cc1NC(=O)c1c(C)nc2ccc(Br)cn12. The molecule has 2 aromatic heterocycles.